The Kier molecular flexibility index (Phi) is 4.82. The minimum Gasteiger partial charge on any atom is -0.381 e. The van der Waals surface area contributed by atoms with E-state index in [1.54, 1.807) is 5.57 Å². The highest BCUT2D eigenvalue weighted by Gasteiger charge is 2.68. The van der Waals surface area contributed by atoms with Gasteiger partial charge in [0.05, 0.1) is 18.8 Å². The predicted molar refractivity (Wildman–Crippen MR) is 122 cm³/mol. The van der Waals surface area contributed by atoms with Crippen molar-refractivity contribution in [1.82, 2.24) is 0 Å². The molecule has 1 spiro atoms. The van der Waals surface area contributed by atoms with E-state index < -0.39 is 0 Å². The minimum absolute atomic E-state index is 0.281. The topological polar surface area (TPSA) is 27.7 Å². The standard InChI is InChI=1S/C28H44O3/c1-17-8-13-28(30-16-17)18(2)25-24(31-28)15-23-21-7-6-19-14-20(29-5)9-11-26(19,3)22(21)10-12-27(23,25)4/h6,17-18,20-25H,7-16H2,1-5H3. The third kappa shape index (κ3) is 2.81. The summed E-state index contributed by atoms with van der Waals surface area (Å²) in [5.41, 5.74) is 2.56. The Morgan fingerprint density at radius 1 is 1.03 bits per heavy atom. The molecular formula is C28H44O3. The first-order chi connectivity index (χ1) is 14.8. The van der Waals surface area contributed by atoms with Crippen LogP contribution in [0.1, 0.15) is 85.5 Å². The molecule has 3 heteroatoms. The molecule has 0 amide bonds. The molecule has 0 aromatic carbocycles. The average molecular weight is 429 g/mol. The van der Waals surface area contributed by atoms with Gasteiger partial charge in [0.2, 0.25) is 0 Å². The van der Waals surface area contributed by atoms with Crippen molar-refractivity contribution in [2.45, 2.75) is 103 Å². The molecule has 6 rings (SSSR count). The fourth-order valence-corrected chi connectivity index (χ4v) is 9.85. The molecule has 4 aliphatic carbocycles. The quantitative estimate of drug-likeness (QED) is 0.454. The molecule has 0 N–H and O–H groups in total. The van der Waals surface area contributed by atoms with E-state index >= 15 is 0 Å². The smallest absolute Gasteiger partial charge is 0.171 e. The summed E-state index contributed by atoms with van der Waals surface area (Å²) in [5.74, 6) is 4.12. The predicted octanol–water partition coefficient (Wildman–Crippen LogP) is 6.37. The highest BCUT2D eigenvalue weighted by Crippen LogP contribution is 2.70. The van der Waals surface area contributed by atoms with Crippen molar-refractivity contribution in [2.24, 2.45) is 46.3 Å². The Bertz CT molecular complexity index is 751. The van der Waals surface area contributed by atoms with Crippen LogP contribution in [0.25, 0.3) is 0 Å². The highest BCUT2D eigenvalue weighted by atomic mass is 16.7. The number of hydrogen-bond acceptors (Lipinski definition) is 3. The van der Waals surface area contributed by atoms with E-state index in [4.69, 9.17) is 14.2 Å². The van der Waals surface area contributed by atoms with Gasteiger partial charge in [-0.25, -0.2) is 0 Å². The van der Waals surface area contributed by atoms with E-state index in [0.717, 1.165) is 30.8 Å². The molecule has 5 fully saturated rings. The second kappa shape index (κ2) is 7.06. The van der Waals surface area contributed by atoms with E-state index in [9.17, 15) is 0 Å². The summed E-state index contributed by atoms with van der Waals surface area (Å²) >= 11 is 0. The highest BCUT2D eigenvalue weighted by molar-refractivity contribution is 5.26. The molecule has 174 valence electrons. The van der Waals surface area contributed by atoms with Crippen molar-refractivity contribution >= 4 is 0 Å². The maximum absolute atomic E-state index is 6.92. The Labute approximate surface area is 189 Å². The zero-order valence-electron chi connectivity index (χ0n) is 20.5. The lowest BCUT2D eigenvalue weighted by Crippen LogP contribution is -2.52. The van der Waals surface area contributed by atoms with Crippen LogP contribution in [0.2, 0.25) is 0 Å². The van der Waals surface area contributed by atoms with Gasteiger partial charge in [-0.15, -0.1) is 0 Å². The van der Waals surface area contributed by atoms with E-state index in [1.807, 2.05) is 7.11 Å². The van der Waals surface area contributed by atoms with Gasteiger partial charge in [0.25, 0.3) is 0 Å². The lowest BCUT2D eigenvalue weighted by Gasteiger charge is -2.58. The maximum atomic E-state index is 6.92. The van der Waals surface area contributed by atoms with Crippen molar-refractivity contribution in [2.75, 3.05) is 13.7 Å². The number of hydrogen-bond donors (Lipinski definition) is 0. The summed E-state index contributed by atoms with van der Waals surface area (Å²) in [4.78, 5) is 0. The summed E-state index contributed by atoms with van der Waals surface area (Å²) in [5, 5.41) is 0. The van der Waals surface area contributed by atoms with Crippen LogP contribution in [-0.2, 0) is 14.2 Å². The van der Waals surface area contributed by atoms with Crippen LogP contribution in [0, 0.1) is 46.3 Å². The Morgan fingerprint density at radius 2 is 1.87 bits per heavy atom. The minimum atomic E-state index is -0.281. The molecule has 2 heterocycles. The first-order valence-corrected chi connectivity index (χ1v) is 13.3. The maximum Gasteiger partial charge on any atom is 0.171 e. The second-order valence-corrected chi connectivity index (χ2v) is 12.9. The molecule has 0 aromatic heterocycles. The van der Waals surface area contributed by atoms with Gasteiger partial charge in [0, 0.05) is 19.4 Å². The van der Waals surface area contributed by atoms with Crippen LogP contribution in [0.3, 0.4) is 0 Å². The van der Waals surface area contributed by atoms with Crippen molar-refractivity contribution < 1.29 is 14.2 Å². The lowest BCUT2D eigenvalue weighted by atomic mass is 9.47. The fourth-order valence-electron chi connectivity index (χ4n) is 9.85. The van der Waals surface area contributed by atoms with Crippen LogP contribution < -0.4 is 0 Å². The van der Waals surface area contributed by atoms with Crippen LogP contribution in [0.5, 0.6) is 0 Å². The Balaban J connectivity index is 1.27. The number of allylic oxidation sites excluding steroid dienone is 1. The molecule has 6 aliphatic rings. The van der Waals surface area contributed by atoms with E-state index in [-0.39, 0.29) is 5.79 Å². The van der Waals surface area contributed by atoms with Gasteiger partial charge in [-0.3, -0.25) is 0 Å². The van der Waals surface area contributed by atoms with Gasteiger partial charge in [0.1, 0.15) is 0 Å². The van der Waals surface area contributed by atoms with Crippen molar-refractivity contribution in [3.63, 3.8) is 0 Å². The van der Waals surface area contributed by atoms with Crippen LogP contribution in [0.4, 0.5) is 0 Å². The van der Waals surface area contributed by atoms with Gasteiger partial charge in [-0.1, -0.05) is 39.3 Å². The zero-order valence-corrected chi connectivity index (χ0v) is 20.5. The molecule has 0 bridgehead atoms. The molecule has 11 unspecified atom stereocenters. The fraction of sp³-hybridized carbons (Fsp3) is 0.929. The molecule has 11 atom stereocenters. The monoisotopic (exact) mass is 428 g/mol. The van der Waals surface area contributed by atoms with Gasteiger partial charge in [0.15, 0.2) is 5.79 Å². The van der Waals surface area contributed by atoms with Crippen LogP contribution >= 0.6 is 0 Å². The number of rotatable bonds is 1. The molecule has 31 heavy (non-hydrogen) atoms. The SMILES string of the molecule is COC1CCC2(C)C(=CCC3C2CCC2(C)C3CC3OC4(CCC(C)CO4)C(C)C32)C1. The Hall–Kier alpha value is -0.380. The molecule has 0 radical (unpaired) electrons. The Morgan fingerprint density at radius 3 is 2.61 bits per heavy atom. The molecule has 3 nitrogen and oxygen atoms in total. The van der Waals surface area contributed by atoms with Gasteiger partial charge >= 0.3 is 0 Å². The largest absolute Gasteiger partial charge is 0.381 e. The summed E-state index contributed by atoms with van der Waals surface area (Å²) in [7, 11) is 1.90. The third-order valence-corrected chi connectivity index (χ3v) is 11.7. The van der Waals surface area contributed by atoms with Crippen LogP contribution in [0.15, 0.2) is 11.6 Å². The lowest BCUT2D eigenvalue weighted by molar-refractivity contribution is -0.272. The van der Waals surface area contributed by atoms with Gasteiger partial charge < -0.3 is 14.2 Å². The molecule has 3 saturated carbocycles. The van der Waals surface area contributed by atoms with Crippen molar-refractivity contribution in [3.05, 3.63) is 11.6 Å². The zero-order chi connectivity index (χ0) is 21.6. The molecular weight excluding hydrogens is 384 g/mol. The van der Waals surface area contributed by atoms with E-state index in [2.05, 4.69) is 33.8 Å². The summed E-state index contributed by atoms with van der Waals surface area (Å²) in [6.07, 6.45) is 14.9. The average Bonchev–Trinajstić information content (AvgIpc) is 3.20. The number of fused-ring (bicyclic) bond motifs is 7. The summed E-state index contributed by atoms with van der Waals surface area (Å²) in [6, 6.07) is 0. The van der Waals surface area contributed by atoms with Crippen molar-refractivity contribution in [1.29, 1.82) is 0 Å². The van der Waals surface area contributed by atoms with Crippen molar-refractivity contribution in [3.8, 4) is 0 Å². The first-order valence-electron chi connectivity index (χ1n) is 13.3. The van der Waals surface area contributed by atoms with E-state index in [0.29, 0.717) is 40.8 Å². The van der Waals surface area contributed by atoms with Crippen LogP contribution in [-0.4, -0.2) is 31.7 Å². The van der Waals surface area contributed by atoms with Gasteiger partial charge in [-0.2, -0.15) is 0 Å². The first kappa shape index (κ1) is 21.2. The molecule has 2 aliphatic heterocycles. The molecule has 2 saturated heterocycles. The second-order valence-electron chi connectivity index (χ2n) is 12.9. The number of methoxy groups -OCH3 is 1. The normalized spacial score (nSPS) is 58.3. The van der Waals surface area contributed by atoms with Gasteiger partial charge in [-0.05, 0) is 91.8 Å². The third-order valence-electron chi connectivity index (χ3n) is 11.7. The summed E-state index contributed by atoms with van der Waals surface area (Å²) in [6.45, 7) is 10.9. The van der Waals surface area contributed by atoms with E-state index in [1.165, 1.54) is 51.4 Å². The summed E-state index contributed by atoms with van der Waals surface area (Å²) < 4.78 is 19.2. The number of ether oxygens (including phenoxy) is 3. The molecule has 0 aromatic rings.